The predicted molar refractivity (Wildman–Crippen MR) is 144 cm³/mol. The number of hydrogen-bond acceptors (Lipinski definition) is 10. The summed E-state index contributed by atoms with van der Waals surface area (Å²) in [6.07, 6.45) is 6.54. The second-order valence-corrected chi connectivity index (χ2v) is 8.76. The van der Waals surface area contributed by atoms with Crippen molar-refractivity contribution >= 4 is 34.0 Å². The Morgan fingerprint density at radius 2 is 1.82 bits per heavy atom. The first-order valence-corrected chi connectivity index (χ1v) is 12.4. The van der Waals surface area contributed by atoms with Crippen molar-refractivity contribution in [2.24, 2.45) is 0 Å². The van der Waals surface area contributed by atoms with Crippen molar-refractivity contribution in [2.45, 2.75) is 6.92 Å². The van der Waals surface area contributed by atoms with Crippen molar-refractivity contribution in [3.63, 3.8) is 0 Å². The van der Waals surface area contributed by atoms with Crippen LogP contribution in [0.25, 0.3) is 21.5 Å². The minimum atomic E-state index is -0.429. The lowest BCUT2D eigenvalue weighted by Gasteiger charge is -2.12. The molecule has 0 radical (unpaired) electrons. The number of carbonyl (C=O) groups excluding carboxylic acids is 1. The molecule has 0 bridgehead atoms. The summed E-state index contributed by atoms with van der Waals surface area (Å²) in [7, 11) is 3.14. The number of thiazole rings is 1. The largest absolute Gasteiger partial charge is 0.493 e. The molecule has 11 heteroatoms. The van der Waals surface area contributed by atoms with Crippen molar-refractivity contribution in [3.8, 4) is 38.6 Å². The summed E-state index contributed by atoms with van der Waals surface area (Å²) in [5.74, 6) is 2.10. The van der Waals surface area contributed by atoms with E-state index in [0.717, 1.165) is 10.9 Å². The summed E-state index contributed by atoms with van der Waals surface area (Å²) < 4.78 is 22.5. The monoisotopic (exact) mass is 529 g/mol. The van der Waals surface area contributed by atoms with Gasteiger partial charge < -0.3 is 24.3 Å². The van der Waals surface area contributed by atoms with E-state index in [-0.39, 0.29) is 5.69 Å². The number of pyridine rings is 3. The van der Waals surface area contributed by atoms with Gasteiger partial charge in [0.25, 0.3) is 5.91 Å². The summed E-state index contributed by atoms with van der Waals surface area (Å²) >= 11 is 1.29. The van der Waals surface area contributed by atoms with Crippen LogP contribution in [0.15, 0.2) is 67.3 Å². The Hall–Kier alpha value is -4.77. The highest BCUT2D eigenvalue weighted by Gasteiger charge is 2.21. The smallest absolute Gasteiger partial charge is 0.280 e. The van der Waals surface area contributed by atoms with Crippen LogP contribution in [0.5, 0.6) is 28.1 Å². The number of fused-ring (bicyclic) bond motifs is 1. The minimum absolute atomic E-state index is 0.186. The summed E-state index contributed by atoms with van der Waals surface area (Å²) in [6.45, 7) is 2.26. The molecule has 192 valence electrons. The normalized spacial score (nSPS) is 10.7. The summed E-state index contributed by atoms with van der Waals surface area (Å²) in [5.41, 5.74) is 1.68. The minimum Gasteiger partial charge on any atom is -0.493 e. The van der Waals surface area contributed by atoms with Gasteiger partial charge >= 0.3 is 0 Å². The van der Waals surface area contributed by atoms with Crippen molar-refractivity contribution in [3.05, 3.63) is 72.9 Å². The molecule has 5 aromatic rings. The third-order valence-electron chi connectivity index (χ3n) is 5.41. The highest BCUT2D eigenvalue weighted by molar-refractivity contribution is 7.17. The van der Waals surface area contributed by atoms with Crippen molar-refractivity contribution < 1.29 is 23.7 Å². The predicted octanol–water partition coefficient (Wildman–Crippen LogP) is 5.61. The Balaban J connectivity index is 1.34. The summed E-state index contributed by atoms with van der Waals surface area (Å²) in [5, 5.41) is 4.59. The van der Waals surface area contributed by atoms with Crippen LogP contribution >= 0.6 is 11.3 Å². The molecule has 10 nitrogen and oxygen atoms in total. The molecule has 5 rings (SSSR count). The van der Waals surface area contributed by atoms with Crippen LogP contribution in [-0.2, 0) is 0 Å². The van der Waals surface area contributed by atoms with Gasteiger partial charge in [0, 0.05) is 35.6 Å². The van der Waals surface area contributed by atoms with E-state index in [1.807, 2.05) is 25.1 Å². The number of benzene rings is 1. The molecule has 0 aliphatic heterocycles. The first-order chi connectivity index (χ1) is 18.6. The van der Waals surface area contributed by atoms with E-state index < -0.39 is 5.91 Å². The van der Waals surface area contributed by atoms with Crippen LogP contribution in [0.1, 0.15) is 17.4 Å². The van der Waals surface area contributed by atoms with Gasteiger partial charge in [0.1, 0.15) is 22.3 Å². The second-order valence-electron chi connectivity index (χ2n) is 7.80. The van der Waals surface area contributed by atoms with Gasteiger partial charge in [-0.2, -0.15) is 0 Å². The maximum atomic E-state index is 13.0. The van der Waals surface area contributed by atoms with E-state index in [0.29, 0.717) is 51.0 Å². The fourth-order valence-electron chi connectivity index (χ4n) is 3.64. The van der Waals surface area contributed by atoms with E-state index in [9.17, 15) is 4.79 Å². The molecule has 4 heterocycles. The Morgan fingerprint density at radius 3 is 2.53 bits per heavy atom. The number of hydrogen-bond donors (Lipinski definition) is 1. The number of anilines is 1. The van der Waals surface area contributed by atoms with Gasteiger partial charge in [-0.15, -0.1) is 0 Å². The van der Waals surface area contributed by atoms with Crippen LogP contribution in [-0.4, -0.2) is 46.7 Å². The maximum absolute atomic E-state index is 13.0. The molecule has 0 spiro atoms. The topological polar surface area (TPSA) is 118 Å². The number of methoxy groups -OCH3 is 2. The molecule has 1 aromatic carbocycles. The molecule has 1 N–H and O–H groups in total. The number of nitrogens with zero attached hydrogens (tertiary/aromatic N) is 4. The molecular weight excluding hydrogens is 506 g/mol. The molecule has 4 aromatic heterocycles. The maximum Gasteiger partial charge on any atom is 0.280 e. The average molecular weight is 530 g/mol. The SMILES string of the molecule is CCOc1sc(-c2cccnc2)nc1C(=O)Nc1ccc(Oc2ccnc3cc(OC)c(OC)cc23)cn1. The van der Waals surface area contributed by atoms with Gasteiger partial charge in [0.15, 0.2) is 17.2 Å². The molecule has 0 unspecified atom stereocenters. The zero-order valence-corrected chi connectivity index (χ0v) is 21.6. The standard InChI is InChI=1S/C27H23N5O5S/c1-4-36-27-24(32-26(38-27)16-6-5-10-28-14-16)25(33)31-23-8-7-17(15-30-23)37-20-9-11-29-19-13-22(35-3)21(34-2)12-18(19)20/h5-15H,4H2,1-3H3,(H,30,31,33). The highest BCUT2D eigenvalue weighted by atomic mass is 32.1. The number of carbonyl (C=O) groups is 1. The molecule has 0 atom stereocenters. The molecule has 38 heavy (non-hydrogen) atoms. The highest BCUT2D eigenvalue weighted by Crippen LogP contribution is 2.37. The number of amides is 1. The molecule has 0 saturated heterocycles. The number of aromatic nitrogens is 4. The Morgan fingerprint density at radius 1 is 0.974 bits per heavy atom. The number of nitrogens with one attached hydrogen (secondary N) is 1. The molecule has 0 saturated carbocycles. The fraction of sp³-hybridized carbons (Fsp3) is 0.148. The third-order valence-corrected chi connectivity index (χ3v) is 6.42. The van der Waals surface area contributed by atoms with E-state index in [1.165, 1.54) is 17.5 Å². The fourth-order valence-corrected chi connectivity index (χ4v) is 4.61. The Kier molecular flexibility index (Phi) is 7.27. The second kappa shape index (κ2) is 11.1. The van der Waals surface area contributed by atoms with Crippen LogP contribution in [0.2, 0.25) is 0 Å². The molecular formula is C27H23N5O5S. The van der Waals surface area contributed by atoms with Gasteiger partial charge in [0.2, 0.25) is 5.06 Å². The summed E-state index contributed by atoms with van der Waals surface area (Å²) in [4.78, 5) is 30.3. The van der Waals surface area contributed by atoms with Crippen LogP contribution in [0.3, 0.4) is 0 Å². The Bertz CT molecular complexity index is 1570. The van der Waals surface area contributed by atoms with Gasteiger partial charge in [0.05, 0.1) is 32.5 Å². The van der Waals surface area contributed by atoms with Gasteiger partial charge in [-0.25, -0.2) is 9.97 Å². The van der Waals surface area contributed by atoms with E-state index in [2.05, 4.69) is 25.3 Å². The molecule has 0 fully saturated rings. The quantitative estimate of drug-likeness (QED) is 0.260. The number of ether oxygens (including phenoxy) is 4. The first-order valence-electron chi connectivity index (χ1n) is 11.6. The van der Waals surface area contributed by atoms with Gasteiger partial charge in [-0.05, 0) is 43.3 Å². The number of rotatable bonds is 9. The lowest BCUT2D eigenvalue weighted by molar-refractivity contribution is 0.101. The van der Waals surface area contributed by atoms with Gasteiger partial charge in [-0.1, -0.05) is 11.3 Å². The lowest BCUT2D eigenvalue weighted by atomic mass is 10.2. The molecule has 0 aliphatic carbocycles. The zero-order chi connectivity index (χ0) is 26.5. The molecule has 0 aliphatic rings. The Labute approximate surface area is 222 Å². The van der Waals surface area contributed by atoms with Crippen molar-refractivity contribution in [1.82, 2.24) is 19.9 Å². The lowest BCUT2D eigenvalue weighted by Crippen LogP contribution is -2.14. The van der Waals surface area contributed by atoms with E-state index >= 15 is 0 Å². The van der Waals surface area contributed by atoms with Gasteiger partial charge in [-0.3, -0.25) is 14.8 Å². The van der Waals surface area contributed by atoms with Crippen LogP contribution < -0.4 is 24.3 Å². The van der Waals surface area contributed by atoms with Crippen molar-refractivity contribution in [1.29, 1.82) is 0 Å². The third kappa shape index (κ3) is 5.18. The van der Waals surface area contributed by atoms with Crippen molar-refractivity contribution in [2.75, 3.05) is 26.1 Å². The zero-order valence-electron chi connectivity index (χ0n) is 20.8. The van der Waals surface area contributed by atoms with E-state index in [1.54, 1.807) is 57.1 Å². The average Bonchev–Trinajstić information content (AvgIpc) is 3.38. The summed E-state index contributed by atoms with van der Waals surface area (Å²) in [6, 6.07) is 12.4. The van der Waals surface area contributed by atoms with Crippen LogP contribution in [0.4, 0.5) is 5.82 Å². The van der Waals surface area contributed by atoms with E-state index in [4.69, 9.17) is 18.9 Å². The van der Waals surface area contributed by atoms with Crippen LogP contribution in [0, 0.1) is 0 Å². The molecule has 1 amide bonds. The first kappa shape index (κ1) is 24.9.